The average Bonchev–Trinajstić information content (AvgIpc) is 2.93. The molecule has 0 heterocycles. The lowest BCUT2D eigenvalue weighted by Gasteiger charge is -2.08. The van der Waals surface area contributed by atoms with E-state index in [1.807, 2.05) is 6.92 Å². The maximum absolute atomic E-state index is 11.6. The van der Waals surface area contributed by atoms with E-state index in [1.165, 1.54) is 0 Å². The van der Waals surface area contributed by atoms with Gasteiger partial charge in [0, 0.05) is 11.4 Å². The molecule has 0 spiro atoms. The molecule has 1 fully saturated rings. The van der Waals surface area contributed by atoms with Gasteiger partial charge in [0.25, 0.3) is 0 Å². The van der Waals surface area contributed by atoms with Gasteiger partial charge in [-0.3, -0.25) is 4.72 Å². The maximum Gasteiger partial charge on any atom is 0.235 e. The molecule has 1 aliphatic rings. The first-order valence-corrected chi connectivity index (χ1v) is 6.41. The summed E-state index contributed by atoms with van der Waals surface area (Å²) in [5, 5.41) is -0.199. The van der Waals surface area contributed by atoms with Crippen molar-refractivity contribution in [3.63, 3.8) is 0 Å². The van der Waals surface area contributed by atoms with E-state index in [9.17, 15) is 8.42 Å². The number of rotatable bonds is 3. The second-order valence-electron chi connectivity index (χ2n) is 3.92. The molecule has 2 rings (SSSR count). The summed E-state index contributed by atoms with van der Waals surface area (Å²) in [7, 11) is -3.16. The molecular weight excluding hydrogens is 212 g/mol. The Balaban J connectivity index is 2.21. The Morgan fingerprint density at radius 3 is 2.60 bits per heavy atom. The molecule has 1 saturated carbocycles. The van der Waals surface area contributed by atoms with Crippen molar-refractivity contribution in [3.05, 3.63) is 23.8 Å². The van der Waals surface area contributed by atoms with Gasteiger partial charge < -0.3 is 5.73 Å². The summed E-state index contributed by atoms with van der Waals surface area (Å²) >= 11 is 0. The number of aryl methyl sites for hydroxylation is 1. The van der Waals surface area contributed by atoms with Crippen LogP contribution in [-0.4, -0.2) is 13.7 Å². The van der Waals surface area contributed by atoms with E-state index in [4.69, 9.17) is 5.73 Å². The summed E-state index contributed by atoms with van der Waals surface area (Å²) in [6, 6.07) is 5.14. The second kappa shape index (κ2) is 3.41. The van der Waals surface area contributed by atoms with Crippen LogP contribution in [0.5, 0.6) is 0 Å². The zero-order valence-electron chi connectivity index (χ0n) is 8.53. The zero-order chi connectivity index (χ0) is 11.1. The van der Waals surface area contributed by atoms with Gasteiger partial charge >= 0.3 is 0 Å². The molecule has 0 amide bonds. The highest BCUT2D eigenvalue weighted by molar-refractivity contribution is 7.93. The van der Waals surface area contributed by atoms with Gasteiger partial charge in [0.15, 0.2) is 0 Å². The number of nitrogen functional groups attached to an aromatic ring is 1. The largest absolute Gasteiger partial charge is 0.399 e. The number of sulfonamides is 1. The van der Waals surface area contributed by atoms with Crippen molar-refractivity contribution < 1.29 is 8.42 Å². The predicted octanol–water partition coefficient (Wildman–Crippen LogP) is 1.48. The lowest BCUT2D eigenvalue weighted by molar-refractivity contribution is 0.600. The number of hydrogen-bond acceptors (Lipinski definition) is 3. The lowest BCUT2D eigenvalue weighted by atomic mass is 10.2. The van der Waals surface area contributed by atoms with Crippen LogP contribution < -0.4 is 10.5 Å². The Hall–Kier alpha value is -1.23. The summed E-state index contributed by atoms with van der Waals surface area (Å²) < 4.78 is 25.8. The van der Waals surface area contributed by atoms with Gasteiger partial charge in [-0.05, 0) is 43.5 Å². The molecule has 0 aliphatic heterocycles. The molecule has 0 saturated heterocycles. The van der Waals surface area contributed by atoms with Gasteiger partial charge in [0.05, 0.1) is 5.25 Å². The third-order valence-electron chi connectivity index (χ3n) is 2.49. The Labute approximate surface area is 89.5 Å². The molecule has 0 bridgehead atoms. The van der Waals surface area contributed by atoms with Crippen LogP contribution >= 0.6 is 0 Å². The van der Waals surface area contributed by atoms with E-state index in [-0.39, 0.29) is 5.25 Å². The molecule has 0 atom stereocenters. The molecule has 1 aromatic carbocycles. The van der Waals surface area contributed by atoms with Crippen molar-refractivity contribution in [2.45, 2.75) is 25.0 Å². The summed E-state index contributed by atoms with van der Waals surface area (Å²) in [5.41, 5.74) is 7.79. The standard InChI is InChI=1S/C10H14N2O2S/c1-7-6-8(2-5-10(7)11)12-15(13,14)9-3-4-9/h2,5-6,9,12H,3-4,11H2,1H3. The van der Waals surface area contributed by atoms with Crippen molar-refractivity contribution in [1.82, 2.24) is 0 Å². The maximum atomic E-state index is 11.6. The topological polar surface area (TPSA) is 72.2 Å². The third kappa shape index (κ3) is 2.23. The number of nitrogens with one attached hydrogen (secondary N) is 1. The van der Waals surface area contributed by atoms with Crippen LogP contribution in [0.1, 0.15) is 18.4 Å². The summed E-state index contributed by atoms with van der Waals surface area (Å²) in [6.45, 7) is 1.85. The SMILES string of the molecule is Cc1cc(NS(=O)(=O)C2CC2)ccc1N. The van der Waals surface area contributed by atoms with Crippen molar-refractivity contribution in [2.75, 3.05) is 10.5 Å². The molecule has 15 heavy (non-hydrogen) atoms. The number of nitrogens with two attached hydrogens (primary N) is 1. The Bertz CT molecular complexity index is 478. The highest BCUT2D eigenvalue weighted by Crippen LogP contribution is 2.30. The zero-order valence-corrected chi connectivity index (χ0v) is 9.34. The Kier molecular flexibility index (Phi) is 2.34. The minimum Gasteiger partial charge on any atom is -0.399 e. The fourth-order valence-electron chi connectivity index (χ4n) is 1.37. The van der Waals surface area contributed by atoms with Crippen LogP contribution in [-0.2, 0) is 10.0 Å². The molecule has 1 aromatic rings. The van der Waals surface area contributed by atoms with Crippen LogP contribution in [0.3, 0.4) is 0 Å². The van der Waals surface area contributed by atoms with Crippen LogP contribution in [0.4, 0.5) is 11.4 Å². The van der Waals surface area contributed by atoms with E-state index in [0.29, 0.717) is 11.4 Å². The van der Waals surface area contributed by atoms with E-state index in [2.05, 4.69) is 4.72 Å². The molecule has 1 aliphatic carbocycles. The molecule has 82 valence electrons. The molecule has 5 heteroatoms. The van der Waals surface area contributed by atoms with Gasteiger partial charge in [-0.2, -0.15) is 0 Å². The Morgan fingerprint density at radius 2 is 2.07 bits per heavy atom. The average molecular weight is 226 g/mol. The number of benzene rings is 1. The first-order valence-electron chi connectivity index (χ1n) is 4.87. The van der Waals surface area contributed by atoms with E-state index < -0.39 is 10.0 Å². The lowest BCUT2D eigenvalue weighted by Crippen LogP contribution is -2.17. The van der Waals surface area contributed by atoms with Crippen molar-refractivity contribution in [1.29, 1.82) is 0 Å². The van der Waals surface area contributed by atoms with Gasteiger partial charge in [-0.1, -0.05) is 0 Å². The van der Waals surface area contributed by atoms with Crippen molar-refractivity contribution in [3.8, 4) is 0 Å². The normalized spacial score (nSPS) is 16.3. The van der Waals surface area contributed by atoms with Crippen LogP contribution in [0.2, 0.25) is 0 Å². The summed E-state index contributed by atoms with van der Waals surface area (Å²) in [5.74, 6) is 0. The van der Waals surface area contributed by atoms with Crippen molar-refractivity contribution >= 4 is 21.4 Å². The van der Waals surface area contributed by atoms with Gasteiger partial charge in [-0.25, -0.2) is 8.42 Å². The molecule has 0 aromatic heterocycles. The predicted molar refractivity (Wildman–Crippen MR) is 61.2 cm³/mol. The van der Waals surface area contributed by atoms with E-state index in [0.717, 1.165) is 18.4 Å². The minimum absolute atomic E-state index is 0.199. The second-order valence-corrected chi connectivity index (χ2v) is 5.88. The first-order chi connectivity index (χ1) is 6.99. The van der Waals surface area contributed by atoms with E-state index >= 15 is 0 Å². The Morgan fingerprint density at radius 1 is 1.40 bits per heavy atom. The van der Waals surface area contributed by atoms with Gasteiger partial charge in [-0.15, -0.1) is 0 Å². The van der Waals surface area contributed by atoms with Crippen LogP contribution in [0.25, 0.3) is 0 Å². The molecule has 0 unspecified atom stereocenters. The van der Waals surface area contributed by atoms with Gasteiger partial charge in [0.2, 0.25) is 10.0 Å². The quantitative estimate of drug-likeness (QED) is 0.767. The smallest absolute Gasteiger partial charge is 0.235 e. The highest BCUT2D eigenvalue weighted by atomic mass is 32.2. The van der Waals surface area contributed by atoms with E-state index in [1.54, 1.807) is 18.2 Å². The highest BCUT2D eigenvalue weighted by Gasteiger charge is 2.35. The molecular formula is C10H14N2O2S. The molecule has 0 radical (unpaired) electrons. The number of anilines is 2. The number of hydrogen-bond donors (Lipinski definition) is 2. The molecule has 3 N–H and O–H groups in total. The monoisotopic (exact) mass is 226 g/mol. The third-order valence-corrected chi connectivity index (χ3v) is 4.36. The van der Waals surface area contributed by atoms with Crippen LogP contribution in [0, 0.1) is 6.92 Å². The minimum atomic E-state index is -3.16. The van der Waals surface area contributed by atoms with Gasteiger partial charge in [0.1, 0.15) is 0 Å². The molecule has 4 nitrogen and oxygen atoms in total. The first kappa shape index (κ1) is 10.3. The fraction of sp³-hybridized carbons (Fsp3) is 0.400. The summed E-state index contributed by atoms with van der Waals surface area (Å²) in [6.07, 6.45) is 1.53. The fourth-order valence-corrected chi connectivity index (χ4v) is 2.74. The summed E-state index contributed by atoms with van der Waals surface area (Å²) in [4.78, 5) is 0. The van der Waals surface area contributed by atoms with Crippen LogP contribution in [0.15, 0.2) is 18.2 Å². The van der Waals surface area contributed by atoms with Crippen molar-refractivity contribution in [2.24, 2.45) is 0 Å².